The number of rotatable bonds is 6. The first-order chi connectivity index (χ1) is 11.1. The number of imidazole rings is 1. The summed E-state index contributed by atoms with van der Waals surface area (Å²) in [5.74, 6) is 0.962. The van der Waals surface area contributed by atoms with Gasteiger partial charge in [-0.1, -0.05) is 18.7 Å². The van der Waals surface area contributed by atoms with Gasteiger partial charge < -0.3 is 9.72 Å². The van der Waals surface area contributed by atoms with E-state index in [4.69, 9.17) is 0 Å². The molecule has 0 aliphatic heterocycles. The Morgan fingerprint density at radius 2 is 2.26 bits per heavy atom. The highest BCUT2D eigenvalue weighted by molar-refractivity contribution is 8.00. The normalized spacial score (nSPS) is 11.0. The maximum Gasteiger partial charge on any atom is 0.226 e. The largest absolute Gasteiger partial charge is 0.350 e. The van der Waals surface area contributed by atoms with E-state index in [9.17, 15) is 4.79 Å². The predicted octanol–water partition coefficient (Wildman–Crippen LogP) is 3.07. The van der Waals surface area contributed by atoms with Crippen molar-refractivity contribution in [2.24, 2.45) is 0 Å². The summed E-state index contributed by atoms with van der Waals surface area (Å²) < 4.78 is 2.98. The molecule has 120 valence electrons. The molecule has 7 heteroatoms. The fourth-order valence-corrected chi connectivity index (χ4v) is 3.94. The number of nitrogens with zero attached hydrogens (tertiary/aromatic N) is 3. The summed E-state index contributed by atoms with van der Waals surface area (Å²) in [6.45, 7) is 4.56. The number of aromatic nitrogens is 3. The van der Waals surface area contributed by atoms with Crippen molar-refractivity contribution in [3.05, 3.63) is 46.9 Å². The summed E-state index contributed by atoms with van der Waals surface area (Å²) in [6.07, 6.45) is 4.23. The topological polar surface area (TPSA) is 59.3 Å². The number of nitrogens with one attached hydrogen (secondary N) is 1. The second-order valence-corrected chi connectivity index (χ2v) is 7.56. The van der Waals surface area contributed by atoms with E-state index in [1.807, 2.05) is 41.2 Å². The molecule has 23 heavy (non-hydrogen) atoms. The highest BCUT2D eigenvalue weighted by Crippen LogP contribution is 2.22. The average molecular weight is 346 g/mol. The van der Waals surface area contributed by atoms with Crippen molar-refractivity contribution in [1.82, 2.24) is 19.7 Å². The minimum Gasteiger partial charge on any atom is -0.350 e. The fourth-order valence-electron chi connectivity index (χ4n) is 2.20. The molecule has 0 radical (unpaired) electrons. The number of carbonyl (C=O) groups is 1. The number of thioether (sulfide) groups is 1. The van der Waals surface area contributed by atoms with Crippen molar-refractivity contribution >= 4 is 34.7 Å². The monoisotopic (exact) mass is 346 g/mol. The fraction of sp³-hybridized carbons (Fsp3) is 0.312. The van der Waals surface area contributed by atoms with Crippen LogP contribution in [0.3, 0.4) is 0 Å². The lowest BCUT2D eigenvalue weighted by Crippen LogP contribution is -2.24. The average Bonchev–Trinajstić information content (AvgIpc) is 3.11. The van der Waals surface area contributed by atoms with E-state index >= 15 is 0 Å². The van der Waals surface area contributed by atoms with Gasteiger partial charge in [-0.15, -0.1) is 11.3 Å². The molecule has 0 saturated heterocycles. The van der Waals surface area contributed by atoms with Crippen molar-refractivity contribution in [3.8, 4) is 0 Å². The van der Waals surface area contributed by atoms with Gasteiger partial charge in [0.2, 0.25) is 5.91 Å². The van der Waals surface area contributed by atoms with Crippen molar-refractivity contribution in [1.29, 1.82) is 0 Å². The van der Waals surface area contributed by atoms with Crippen LogP contribution < -0.4 is 5.32 Å². The highest BCUT2D eigenvalue weighted by atomic mass is 32.2. The number of carbonyl (C=O) groups excluding carboxylic acids is 1. The smallest absolute Gasteiger partial charge is 0.226 e. The Morgan fingerprint density at radius 3 is 3.09 bits per heavy atom. The molecular formula is C16H18N4OS2. The zero-order valence-electron chi connectivity index (χ0n) is 13.1. The SMILES string of the molecule is CCSc1nc(CC(=O)NCc2cn3ccc(C)cc3n2)cs1. The maximum atomic E-state index is 12.0. The Bertz CT molecular complexity index is 824. The van der Waals surface area contributed by atoms with E-state index in [1.54, 1.807) is 23.1 Å². The van der Waals surface area contributed by atoms with Gasteiger partial charge in [0.15, 0.2) is 0 Å². The van der Waals surface area contributed by atoms with E-state index in [0.29, 0.717) is 13.0 Å². The zero-order valence-corrected chi connectivity index (χ0v) is 14.7. The lowest BCUT2D eigenvalue weighted by molar-refractivity contribution is -0.120. The first-order valence-corrected chi connectivity index (χ1v) is 9.28. The Labute approximate surface area is 143 Å². The van der Waals surface area contributed by atoms with Crippen molar-refractivity contribution in [2.75, 3.05) is 5.75 Å². The Hall–Kier alpha value is -1.86. The van der Waals surface area contributed by atoms with Gasteiger partial charge in [-0.3, -0.25) is 4.79 Å². The van der Waals surface area contributed by atoms with Crippen LogP contribution in [-0.4, -0.2) is 26.0 Å². The Morgan fingerprint density at radius 1 is 1.39 bits per heavy atom. The van der Waals surface area contributed by atoms with Crippen LogP contribution in [0.25, 0.3) is 5.65 Å². The van der Waals surface area contributed by atoms with E-state index in [-0.39, 0.29) is 5.91 Å². The Balaban J connectivity index is 1.56. The number of hydrogen-bond acceptors (Lipinski definition) is 5. The van der Waals surface area contributed by atoms with E-state index in [1.165, 1.54) is 5.56 Å². The molecular weight excluding hydrogens is 328 g/mol. The van der Waals surface area contributed by atoms with Gasteiger partial charge >= 0.3 is 0 Å². The van der Waals surface area contributed by atoms with E-state index in [0.717, 1.165) is 27.1 Å². The predicted molar refractivity (Wildman–Crippen MR) is 94.0 cm³/mol. The lowest BCUT2D eigenvalue weighted by Gasteiger charge is -2.01. The van der Waals surface area contributed by atoms with Crippen LogP contribution in [0, 0.1) is 6.92 Å². The second kappa shape index (κ2) is 7.14. The molecule has 0 aliphatic rings. The minimum atomic E-state index is -0.0309. The number of pyridine rings is 1. The quantitative estimate of drug-likeness (QED) is 0.697. The zero-order chi connectivity index (χ0) is 16.2. The van der Waals surface area contributed by atoms with Gasteiger partial charge in [-0.05, 0) is 30.4 Å². The van der Waals surface area contributed by atoms with Gasteiger partial charge in [0, 0.05) is 17.8 Å². The first-order valence-electron chi connectivity index (χ1n) is 7.42. The summed E-state index contributed by atoms with van der Waals surface area (Å²) in [4.78, 5) is 21.0. The van der Waals surface area contributed by atoms with Crippen LogP contribution in [0.2, 0.25) is 0 Å². The first kappa shape index (κ1) is 16.0. The van der Waals surface area contributed by atoms with Crippen LogP contribution in [0.15, 0.2) is 34.2 Å². The molecule has 5 nitrogen and oxygen atoms in total. The summed E-state index contributed by atoms with van der Waals surface area (Å²) in [5.41, 5.74) is 3.75. The molecule has 0 bridgehead atoms. The van der Waals surface area contributed by atoms with Crippen LogP contribution in [0.1, 0.15) is 23.9 Å². The van der Waals surface area contributed by atoms with Gasteiger partial charge in [-0.2, -0.15) is 0 Å². The summed E-state index contributed by atoms with van der Waals surface area (Å²) in [7, 11) is 0. The molecule has 0 aliphatic carbocycles. The molecule has 3 aromatic rings. The Kier molecular flexibility index (Phi) is 4.97. The minimum absolute atomic E-state index is 0.0309. The third kappa shape index (κ3) is 4.11. The van der Waals surface area contributed by atoms with Crippen molar-refractivity contribution < 1.29 is 4.79 Å². The molecule has 0 aromatic carbocycles. The van der Waals surface area contributed by atoms with Crippen LogP contribution in [0.4, 0.5) is 0 Å². The molecule has 3 rings (SSSR count). The second-order valence-electron chi connectivity index (χ2n) is 5.19. The van der Waals surface area contributed by atoms with Gasteiger partial charge in [0.1, 0.15) is 9.99 Å². The molecule has 0 atom stereocenters. The van der Waals surface area contributed by atoms with E-state index in [2.05, 4.69) is 22.2 Å². The molecule has 0 spiro atoms. The maximum absolute atomic E-state index is 12.0. The third-order valence-corrected chi connectivity index (χ3v) is 5.22. The summed E-state index contributed by atoms with van der Waals surface area (Å²) in [5, 5.41) is 4.86. The van der Waals surface area contributed by atoms with Crippen molar-refractivity contribution in [3.63, 3.8) is 0 Å². The molecule has 3 aromatic heterocycles. The van der Waals surface area contributed by atoms with Crippen LogP contribution in [0.5, 0.6) is 0 Å². The summed E-state index contributed by atoms with van der Waals surface area (Å²) >= 11 is 3.29. The summed E-state index contributed by atoms with van der Waals surface area (Å²) in [6, 6.07) is 4.05. The molecule has 1 N–H and O–H groups in total. The number of fused-ring (bicyclic) bond motifs is 1. The molecule has 0 saturated carbocycles. The standard InChI is InChI=1S/C16H18N4OS2/c1-3-22-16-19-12(10-23-16)7-15(21)17-8-13-9-20-5-4-11(2)6-14(20)18-13/h4-6,9-10H,3,7-8H2,1-2H3,(H,17,21). The highest BCUT2D eigenvalue weighted by Gasteiger charge is 2.09. The number of amides is 1. The number of thiazole rings is 1. The van der Waals surface area contributed by atoms with E-state index < -0.39 is 0 Å². The molecule has 1 amide bonds. The number of hydrogen-bond donors (Lipinski definition) is 1. The lowest BCUT2D eigenvalue weighted by atomic mass is 10.3. The van der Waals surface area contributed by atoms with Crippen molar-refractivity contribution in [2.45, 2.75) is 31.2 Å². The van der Waals surface area contributed by atoms with Crippen LogP contribution in [-0.2, 0) is 17.8 Å². The van der Waals surface area contributed by atoms with Gasteiger partial charge in [0.05, 0.1) is 24.4 Å². The molecule has 0 fully saturated rings. The number of aryl methyl sites for hydroxylation is 1. The van der Waals surface area contributed by atoms with Gasteiger partial charge in [-0.25, -0.2) is 9.97 Å². The molecule has 0 unspecified atom stereocenters. The van der Waals surface area contributed by atoms with Crippen LogP contribution >= 0.6 is 23.1 Å². The third-order valence-electron chi connectivity index (χ3n) is 3.27. The van der Waals surface area contributed by atoms with Gasteiger partial charge in [0.25, 0.3) is 0 Å². The molecule has 3 heterocycles.